The van der Waals surface area contributed by atoms with E-state index in [0.29, 0.717) is 46.8 Å². The number of H-pyrrole nitrogens is 1. The molecule has 4 fully saturated rings. The summed E-state index contributed by atoms with van der Waals surface area (Å²) in [5, 5.41) is 10.8. The Kier molecular flexibility index (Phi) is 11.9. The zero-order chi connectivity index (χ0) is 43.0. The van der Waals surface area contributed by atoms with E-state index in [9.17, 15) is 19.2 Å². The van der Waals surface area contributed by atoms with Crippen LogP contribution in [0.25, 0.3) is 21.8 Å². The van der Waals surface area contributed by atoms with Crippen molar-refractivity contribution in [1.29, 1.82) is 0 Å². The molecule has 2 aliphatic heterocycles. The monoisotopic (exact) mass is 826 g/mol. The highest BCUT2D eigenvalue weighted by atomic mass is 16.6. The zero-order valence-electron chi connectivity index (χ0n) is 36.4. The molecule has 4 N–H and O–H groups in total. The largest absolute Gasteiger partial charge is 0.494 e. The van der Waals surface area contributed by atoms with Crippen LogP contribution in [0.4, 0.5) is 21.0 Å². The third kappa shape index (κ3) is 10.2. The van der Waals surface area contributed by atoms with Gasteiger partial charge < -0.3 is 44.8 Å². The van der Waals surface area contributed by atoms with Gasteiger partial charge in [0.1, 0.15) is 22.7 Å². The van der Waals surface area contributed by atoms with Crippen molar-refractivity contribution in [2.75, 3.05) is 50.0 Å². The van der Waals surface area contributed by atoms with Crippen LogP contribution < -0.4 is 25.4 Å². The summed E-state index contributed by atoms with van der Waals surface area (Å²) in [6, 6.07) is 11.4. The number of fused-ring (bicyclic) bond motifs is 2. The minimum Gasteiger partial charge on any atom is -0.494 e. The predicted octanol–water partition coefficient (Wildman–Crippen LogP) is 8.69. The summed E-state index contributed by atoms with van der Waals surface area (Å²) in [5.41, 5.74) is 2.55. The number of carbonyl (C=O) groups excluding carboxylic acids is 4. The van der Waals surface area contributed by atoms with Crippen LogP contribution in [0.2, 0.25) is 0 Å². The molecule has 14 heteroatoms. The van der Waals surface area contributed by atoms with E-state index in [1.54, 1.807) is 33.0 Å². The van der Waals surface area contributed by atoms with Gasteiger partial charge in [0.2, 0.25) is 11.8 Å². The zero-order valence-corrected chi connectivity index (χ0v) is 36.4. The van der Waals surface area contributed by atoms with Crippen LogP contribution in [0.1, 0.15) is 93.9 Å². The molecule has 2 atom stereocenters. The summed E-state index contributed by atoms with van der Waals surface area (Å²) in [4.78, 5) is 53.4. The molecule has 4 heterocycles. The number of amides is 3. The van der Waals surface area contributed by atoms with Gasteiger partial charge in [0, 0.05) is 62.2 Å². The fraction of sp³-hybridized carbons (Fsp3) is 0.565. The predicted molar refractivity (Wildman–Crippen MR) is 232 cm³/mol. The number of rotatable bonds is 10. The maximum absolute atomic E-state index is 12.8. The molecule has 2 aliphatic carbocycles. The minimum absolute atomic E-state index is 0.0688. The second-order valence-electron chi connectivity index (χ2n) is 19.2. The number of nitrogens with one attached hydrogen (secondary N) is 4. The molecule has 60 heavy (non-hydrogen) atoms. The summed E-state index contributed by atoms with van der Waals surface area (Å²) in [6.45, 7) is 19.0. The van der Waals surface area contributed by atoms with Crippen LogP contribution >= 0.6 is 0 Å². The minimum atomic E-state index is -0.650. The number of likely N-dealkylation sites (tertiary alicyclic amines) is 1. The SMILES string of the molecule is CC(=O)Nc1c[nH]c2ccc(OCCC3CNCC34CC4)cc12.CC(=O)Nc1cn(C(=O)OC(C)(C)C)c2ccc(OCCC3CN(C(=O)OC(C)(C)C)CC34CC4)cc12. The van der Waals surface area contributed by atoms with Crippen molar-refractivity contribution >= 4 is 57.2 Å². The first-order valence-electron chi connectivity index (χ1n) is 21.3. The quantitative estimate of drug-likeness (QED) is 0.122. The molecule has 2 saturated carbocycles. The fourth-order valence-corrected chi connectivity index (χ4v) is 8.80. The number of ether oxygens (including phenoxy) is 4. The summed E-state index contributed by atoms with van der Waals surface area (Å²) in [7, 11) is 0. The third-order valence-electron chi connectivity index (χ3n) is 12.1. The Labute approximate surface area is 352 Å². The average Bonchev–Trinajstić information content (AvgIpc) is 3.92. The second kappa shape index (κ2) is 16.7. The van der Waals surface area contributed by atoms with E-state index >= 15 is 0 Å². The van der Waals surface area contributed by atoms with Gasteiger partial charge in [-0.3, -0.25) is 14.2 Å². The van der Waals surface area contributed by atoms with Gasteiger partial charge in [0.25, 0.3) is 0 Å². The topological polar surface area (TPSA) is 165 Å². The molecule has 2 spiro atoms. The molecule has 3 amide bonds. The normalized spacial score (nSPS) is 19.8. The lowest BCUT2D eigenvalue weighted by molar-refractivity contribution is -0.115. The summed E-state index contributed by atoms with van der Waals surface area (Å²) in [5.74, 6) is 2.33. The molecule has 2 aromatic heterocycles. The first-order chi connectivity index (χ1) is 28.3. The Morgan fingerprint density at radius 2 is 1.33 bits per heavy atom. The van der Waals surface area contributed by atoms with Crippen LogP contribution in [0.3, 0.4) is 0 Å². The smallest absolute Gasteiger partial charge is 0.419 e. The lowest BCUT2D eigenvalue weighted by atomic mass is 9.90. The van der Waals surface area contributed by atoms with E-state index < -0.39 is 17.3 Å². The third-order valence-corrected chi connectivity index (χ3v) is 12.1. The van der Waals surface area contributed by atoms with E-state index in [2.05, 4.69) is 20.9 Å². The first kappa shape index (κ1) is 42.9. The summed E-state index contributed by atoms with van der Waals surface area (Å²) >= 11 is 0. The van der Waals surface area contributed by atoms with Crippen LogP contribution in [0.15, 0.2) is 48.8 Å². The molecule has 0 bridgehead atoms. The Balaban J connectivity index is 0.000000201. The number of aromatic amines is 1. The Bertz CT molecular complexity index is 2240. The van der Waals surface area contributed by atoms with Crippen LogP contribution in [-0.2, 0) is 19.1 Å². The van der Waals surface area contributed by atoms with Crippen molar-refractivity contribution in [3.05, 3.63) is 48.8 Å². The Hall–Kier alpha value is -5.24. The van der Waals surface area contributed by atoms with Crippen LogP contribution in [-0.4, -0.2) is 89.0 Å². The second-order valence-corrected chi connectivity index (χ2v) is 19.2. The maximum atomic E-state index is 12.8. The van der Waals surface area contributed by atoms with E-state index in [4.69, 9.17) is 18.9 Å². The van der Waals surface area contributed by atoms with Crippen LogP contribution in [0.5, 0.6) is 11.5 Å². The summed E-state index contributed by atoms with van der Waals surface area (Å²) < 4.78 is 24.6. The Morgan fingerprint density at radius 1 is 0.750 bits per heavy atom. The molecular formula is C46H62N6O8. The van der Waals surface area contributed by atoms with Gasteiger partial charge in [0.15, 0.2) is 0 Å². The molecule has 2 unspecified atom stereocenters. The molecule has 14 nitrogen and oxygen atoms in total. The van der Waals surface area contributed by atoms with Gasteiger partial charge in [-0.05, 0) is 146 Å². The molecule has 4 aromatic rings. The number of carbonyl (C=O) groups is 4. The number of nitrogens with zero attached hydrogens (tertiary/aromatic N) is 2. The lowest BCUT2D eigenvalue weighted by Gasteiger charge is -2.24. The van der Waals surface area contributed by atoms with Crippen molar-refractivity contribution in [2.45, 2.75) is 105 Å². The molecule has 324 valence electrons. The van der Waals surface area contributed by atoms with Crippen molar-refractivity contribution in [2.24, 2.45) is 22.7 Å². The number of anilines is 2. The highest BCUT2D eigenvalue weighted by Crippen LogP contribution is 2.57. The standard InChI is InChI=1S/C28H39N3O6.C18H23N3O2/c1-18(32)29-22-16-31(25(34)37-27(5,6)7)23-9-8-20(14-21(22)23)35-13-10-19-15-30(17-28(19)11-12-28)24(33)36-26(2,3)4;1-12(22)21-17-10-20-16-3-2-14(8-15(16)17)23-7-4-13-9-19-11-18(13)5-6-18/h8-9,14,16,19H,10-13,15,17H2,1-7H3,(H,29,32);2-3,8,10,13,19-20H,4-7,9,11H2,1H3,(H,21,22). The molecule has 0 radical (unpaired) electrons. The van der Waals surface area contributed by atoms with Crippen molar-refractivity contribution in [3.63, 3.8) is 0 Å². The molecule has 2 saturated heterocycles. The number of aromatic nitrogens is 2. The van der Waals surface area contributed by atoms with Gasteiger partial charge in [-0.1, -0.05) is 0 Å². The van der Waals surface area contributed by atoms with Crippen molar-refractivity contribution < 1.29 is 38.1 Å². The fourth-order valence-electron chi connectivity index (χ4n) is 8.80. The van der Waals surface area contributed by atoms with Gasteiger partial charge >= 0.3 is 12.2 Å². The highest BCUT2D eigenvalue weighted by Gasteiger charge is 2.56. The Morgan fingerprint density at radius 3 is 1.95 bits per heavy atom. The van der Waals surface area contributed by atoms with Crippen LogP contribution in [0, 0.1) is 22.7 Å². The molecule has 8 rings (SSSR count). The van der Waals surface area contributed by atoms with Crippen molar-refractivity contribution in [1.82, 2.24) is 19.8 Å². The van der Waals surface area contributed by atoms with Crippen molar-refractivity contribution in [3.8, 4) is 11.5 Å². The van der Waals surface area contributed by atoms with E-state index in [0.717, 1.165) is 73.6 Å². The van der Waals surface area contributed by atoms with Gasteiger partial charge in [-0.25, -0.2) is 9.59 Å². The number of benzene rings is 2. The first-order valence-corrected chi connectivity index (χ1v) is 21.3. The lowest BCUT2D eigenvalue weighted by Crippen LogP contribution is -2.35. The van der Waals surface area contributed by atoms with Gasteiger partial charge in [-0.2, -0.15) is 0 Å². The highest BCUT2D eigenvalue weighted by molar-refractivity contribution is 6.04. The van der Waals surface area contributed by atoms with E-state index in [1.165, 1.54) is 37.8 Å². The van der Waals surface area contributed by atoms with E-state index in [-0.39, 0.29) is 23.3 Å². The maximum Gasteiger partial charge on any atom is 0.419 e. The van der Waals surface area contributed by atoms with Gasteiger partial charge in [-0.15, -0.1) is 0 Å². The molecule has 4 aliphatic rings. The van der Waals surface area contributed by atoms with E-state index in [1.807, 2.05) is 62.2 Å². The molecule has 2 aromatic carbocycles. The average molecular weight is 827 g/mol. The van der Waals surface area contributed by atoms with Gasteiger partial charge in [0.05, 0.1) is 30.1 Å². The molecular weight excluding hydrogens is 765 g/mol. The number of hydrogen-bond donors (Lipinski definition) is 4. The number of hydrogen-bond acceptors (Lipinski definition) is 9. The summed E-state index contributed by atoms with van der Waals surface area (Å²) in [6.07, 6.45) is 9.57.